The lowest BCUT2D eigenvalue weighted by Gasteiger charge is -2.30. The molecule has 0 radical (unpaired) electrons. The third kappa shape index (κ3) is 2.42. The van der Waals surface area contributed by atoms with E-state index in [1.165, 1.54) is 51.4 Å². The molecule has 1 aliphatic heterocycles. The lowest BCUT2D eigenvalue weighted by molar-refractivity contribution is -0.124. The second-order valence-corrected chi connectivity index (χ2v) is 4.33. The number of hydrogen-bond donors (Lipinski definition) is 2. The van der Waals surface area contributed by atoms with Crippen molar-refractivity contribution < 1.29 is 4.84 Å². The molecular formula is C10H20N2O. The Hall–Kier alpha value is -0.120. The first-order chi connectivity index (χ1) is 6.41. The van der Waals surface area contributed by atoms with E-state index < -0.39 is 0 Å². The second-order valence-electron chi connectivity index (χ2n) is 4.33. The summed E-state index contributed by atoms with van der Waals surface area (Å²) in [4.78, 5) is 5.75. The average Bonchev–Trinajstić information content (AvgIpc) is 2.50. The fourth-order valence-corrected chi connectivity index (χ4v) is 2.47. The first-order valence-corrected chi connectivity index (χ1v) is 5.57. The van der Waals surface area contributed by atoms with E-state index in [0.717, 1.165) is 6.54 Å². The second kappa shape index (κ2) is 4.40. The van der Waals surface area contributed by atoms with Crippen molar-refractivity contribution in [3.63, 3.8) is 0 Å². The molecule has 2 fully saturated rings. The Morgan fingerprint density at radius 1 is 0.846 bits per heavy atom. The lowest BCUT2D eigenvalue weighted by atomic mass is 9.89. The van der Waals surface area contributed by atoms with Crippen molar-refractivity contribution in [2.45, 2.75) is 57.0 Å². The van der Waals surface area contributed by atoms with E-state index in [1.807, 2.05) is 0 Å². The van der Waals surface area contributed by atoms with Gasteiger partial charge in [0.25, 0.3) is 0 Å². The van der Waals surface area contributed by atoms with Crippen LogP contribution in [0.25, 0.3) is 0 Å². The van der Waals surface area contributed by atoms with Crippen LogP contribution in [0.15, 0.2) is 0 Å². The Morgan fingerprint density at radius 2 is 1.54 bits per heavy atom. The predicted octanol–water partition coefficient (Wildman–Crippen LogP) is 1.90. The summed E-state index contributed by atoms with van der Waals surface area (Å²) in [5.74, 6) is 0. The molecule has 0 aromatic carbocycles. The molecular weight excluding hydrogens is 164 g/mol. The van der Waals surface area contributed by atoms with Crippen molar-refractivity contribution in [2.75, 3.05) is 6.54 Å². The van der Waals surface area contributed by atoms with Crippen LogP contribution >= 0.6 is 0 Å². The van der Waals surface area contributed by atoms with Crippen LogP contribution in [0.1, 0.15) is 51.4 Å². The van der Waals surface area contributed by atoms with E-state index >= 15 is 0 Å². The molecule has 2 aliphatic rings. The molecule has 0 aromatic rings. The zero-order valence-corrected chi connectivity index (χ0v) is 8.27. The maximum absolute atomic E-state index is 5.75. The molecule has 1 aliphatic carbocycles. The Bertz CT molecular complexity index is 123. The highest BCUT2D eigenvalue weighted by molar-refractivity contribution is 4.83. The van der Waals surface area contributed by atoms with Crippen molar-refractivity contribution in [2.24, 2.45) is 0 Å². The molecule has 1 saturated carbocycles. The zero-order chi connectivity index (χ0) is 8.99. The summed E-state index contributed by atoms with van der Waals surface area (Å²) in [6.07, 6.45) is 10.4. The largest absolute Gasteiger partial charge is 0.280 e. The summed E-state index contributed by atoms with van der Waals surface area (Å²) < 4.78 is 0. The third-order valence-corrected chi connectivity index (χ3v) is 3.29. The molecule has 0 atom stereocenters. The van der Waals surface area contributed by atoms with E-state index in [0.29, 0.717) is 0 Å². The molecule has 2 N–H and O–H groups in total. The fraction of sp³-hybridized carbons (Fsp3) is 1.00. The molecule has 3 heteroatoms. The van der Waals surface area contributed by atoms with E-state index in [2.05, 4.69) is 11.0 Å². The average molecular weight is 184 g/mol. The van der Waals surface area contributed by atoms with Gasteiger partial charge in [-0.3, -0.25) is 4.84 Å². The van der Waals surface area contributed by atoms with Gasteiger partial charge in [0.1, 0.15) is 0 Å². The Kier molecular flexibility index (Phi) is 3.19. The Labute approximate surface area is 80.1 Å². The van der Waals surface area contributed by atoms with Crippen LogP contribution < -0.4 is 11.0 Å². The Balaban J connectivity index is 1.97. The number of hydrazine groups is 1. The normalized spacial score (nSPS) is 29.5. The maximum Gasteiger partial charge on any atom is 0.0913 e. The van der Waals surface area contributed by atoms with Gasteiger partial charge in [0.15, 0.2) is 0 Å². The first kappa shape index (κ1) is 9.44. The molecule has 2 rings (SSSR count). The van der Waals surface area contributed by atoms with Crippen LogP contribution in [0.4, 0.5) is 0 Å². The van der Waals surface area contributed by atoms with Crippen LogP contribution in [-0.4, -0.2) is 12.1 Å². The van der Waals surface area contributed by atoms with Crippen LogP contribution in [-0.2, 0) is 4.84 Å². The molecule has 76 valence electrons. The van der Waals surface area contributed by atoms with Crippen molar-refractivity contribution in [3.05, 3.63) is 0 Å². The quantitative estimate of drug-likeness (QED) is 0.603. The molecule has 13 heavy (non-hydrogen) atoms. The van der Waals surface area contributed by atoms with Crippen LogP contribution in [0.5, 0.6) is 0 Å². The van der Waals surface area contributed by atoms with Gasteiger partial charge in [-0.25, -0.2) is 5.43 Å². The van der Waals surface area contributed by atoms with Crippen molar-refractivity contribution in [1.82, 2.24) is 11.0 Å². The molecule has 0 bridgehead atoms. The third-order valence-electron chi connectivity index (χ3n) is 3.29. The lowest BCUT2D eigenvalue weighted by Crippen LogP contribution is -2.40. The van der Waals surface area contributed by atoms with Crippen LogP contribution in [0, 0.1) is 0 Å². The summed E-state index contributed by atoms with van der Waals surface area (Å²) in [7, 11) is 0. The molecule has 0 unspecified atom stereocenters. The SMILES string of the molecule is C1CCCC2(CC1)CCCNNO2. The van der Waals surface area contributed by atoms with Gasteiger partial charge in [0.05, 0.1) is 5.60 Å². The Morgan fingerprint density at radius 3 is 2.31 bits per heavy atom. The minimum Gasteiger partial charge on any atom is -0.280 e. The van der Waals surface area contributed by atoms with Gasteiger partial charge in [0.2, 0.25) is 0 Å². The summed E-state index contributed by atoms with van der Waals surface area (Å²) in [5, 5.41) is 0. The van der Waals surface area contributed by atoms with E-state index in [1.54, 1.807) is 0 Å². The molecule has 1 heterocycles. The monoisotopic (exact) mass is 184 g/mol. The fourth-order valence-electron chi connectivity index (χ4n) is 2.47. The van der Waals surface area contributed by atoms with E-state index in [9.17, 15) is 0 Å². The number of hydrogen-bond acceptors (Lipinski definition) is 3. The number of nitrogens with one attached hydrogen (secondary N) is 2. The predicted molar refractivity (Wildman–Crippen MR) is 51.9 cm³/mol. The van der Waals surface area contributed by atoms with Crippen molar-refractivity contribution in [3.8, 4) is 0 Å². The van der Waals surface area contributed by atoms with Gasteiger partial charge in [-0.15, -0.1) is 5.59 Å². The van der Waals surface area contributed by atoms with Gasteiger partial charge in [-0.1, -0.05) is 25.7 Å². The number of rotatable bonds is 0. The van der Waals surface area contributed by atoms with E-state index in [-0.39, 0.29) is 5.60 Å². The van der Waals surface area contributed by atoms with Gasteiger partial charge >= 0.3 is 0 Å². The standard InChI is InChI=1S/C10H20N2O/c1-2-4-7-10(6-3-1)8-5-9-11-12-13-10/h11-12H,1-9H2. The summed E-state index contributed by atoms with van der Waals surface area (Å²) in [6, 6.07) is 0. The minimum absolute atomic E-state index is 0.153. The summed E-state index contributed by atoms with van der Waals surface area (Å²) >= 11 is 0. The molecule has 1 spiro atoms. The topological polar surface area (TPSA) is 33.3 Å². The van der Waals surface area contributed by atoms with E-state index in [4.69, 9.17) is 4.84 Å². The summed E-state index contributed by atoms with van der Waals surface area (Å²) in [5.41, 5.74) is 6.11. The van der Waals surface area contributed by atoms with Crippen molar-refractivity contribution in [1.29, 1.82) is 0 Å². The molecule has 3 nitrogen and oxygen atoms in total. The summed E-state index contributed by atoms with van der Waals surface area (Å²) in [6.45, 7) is 1.03. The molecule has 0 aromatic heterocycles. The van der Waals surface area contributed by atoms with Gasteiger partial charge in [-0.2, -0.15) is 0 Å². The van der Waals surface area contributed by atoms with Crippen molar-refractivity contribution >= 4 is 0 Å². The van der Waals surface area contributed by atoms with Gasteiger partial charge < -0.3 is 0 Å². The highest BCUT2D eigenvalue weighted by Gasteiger charge is 2.33. The smallest absolute Gasteiger partial charge is 0.0913 e. The highest BCUT2D eigenvalue weighted by Crippen LogP contribution is 2.33. The van der Waals surface area contributed by atoms with Gasteiger partial charge in [0, 0.05) is 6.54 Å². The first-order valence-electron chi connectivity index (χ1n) is 5.57. The van der Waals surface area contributed by atoms with Crippen LogP contribution in [0.2, 0.25) is 0 Å². The van der Waals surface area contributed by atoms with Crippen LogP contribution in [0.3, 0.4) is 0 Å². The highest BCUT2D eigenvalue weighted by atomic mass is 16.7. The zero-order valence-electron chi connectivity index (χ0n) is 8.27. The molecule has 1 saturated heterocycles. The minimum atomic E-state index is 0.153. The molecule has 0 amide bonds. The van der Waals surface area contributed by atoms with Gasteiger partial charge in [-0.05, 0) is 25.7 Å². The maximum atomic E-state index is 5.75.